The first-order chi connectivity index (χ1) is 15.5. The molecule has 1 N–H and O–H groups in total. The van der Waals surface area contributed by atoms with Gasteiger partial charge in [0, 0.05) is 19.3 Å². The summed E-state index contributed by atoms with van der Waals surface area (Å²) in [5, 5.41) is 2.74. The number of hydrogen-bond acceptors (Lipinski definition) is 4. The third-order valence-electron chi connectivity index (χ3n) is 6.16. The number of benzene rings is 1. The quantitative estimate of drug-likeness (QED) is 0.304. The molecule has 0 aliphatic heterocycles. The van der Waals surface area contributed by atoms with E-state index in [9.17, 15) is 19.2 Å². The Morgan fingerprint density at radius 2 is 1.41 bits per heavy atom. The van der Waals surface area contributed by atoms with Crippen molar-refractivity contribution in [1.29, 1.82) is 0 Å². The Morgan fingerprint density at radius 3 is 2.00 bits per heavy atom. The molecule has 0 spiro atoms. The molecule has 176 valence electrons. The third-order valence-corrected chi connectivity index (χ3v) is 6.16. The molecule has 1 amide bonds. The number of rotatable bonds is 15. The van der Waals surface area contributed by atoms with Crippen LogP contribution in [0.3, 0.4) is 0 Å². The summed E-state index contributed by atoms with van der Waals surface area (Å²) in [5.41, 5.74) is 1.81. The summed E-state index contributed by atoms with van der Waals surface area (Å²) in [6, 6.07) is 7.00. The molecule has 0 aromatic heterocycles. The lowest BCUT2D eigenvalue weighted by Crippen LogP contribution is -2.44. The van der Waals surface area contributed by atoms with Crippen LogP contribution in [0.5, 0.6) is 0 Å². The summed E-state index contributed by atoms with van der Waals surface area (Å²) in [6.45, 7) is 2.23. The fourth-order valence-corrected chi connectivity index (χ4v) is 4.18. The van der Waals surface area contributed by atoms with E-state index < -0.39 is 6.04 Å². The van der Waals surface area contributed by atoms with E-state index in [1.165, 1.54) is 44.9 Å². The van der Waals surface area contributed by atoms with E-state index in [0.29, 0.717) is 25.7 Å². The van der Waals surface area contributed by atoms with Gasteiger partial charge in [0.05, 0.1) is 18.9 Å². The van der Waals surface area contributed by atoms with E-state index in [2.05, 4.69) is 12.2 Å². The lowest BCUT2D eigenvalue weighted by molar-refractivity contribution is -0.134. The van der Waals surface area contributed by atoms with Crippen molar-refractivity contribution in [3.63, 3.8) is 0 Å². The van der Waals surface area contributed by atoms with Crippen molar-refractivity contribution in [3.05, 3.63) is 35.4 Å². The monoisotopic (exact) mass is 441 g/mol. The Kier molecular flexibility index (Phi) is 11.9. The van der Waals surface area contributed by atoms with E-state index in [1.54, 1.807) is 0 Å². The Balaban J connectivity index is 1.60. The molecule has 1 aliphatic carbocycles. The van der Waals surface area contributed by atoms with Crippen molar-refractivity contribution in [2.24, 2.45) is 0 Å². The van der Waals surface area contributed by atoms with Crippen LogP contribution in [0.4, 0.5) is 0 Å². The minimum atomic E-state index is -0.543. The molecule has 1 fully saturated rings. The van der Waals surface area contributed by atoms with Gasteiger partial charge in [-0.05, 0) is 24.0 Å². The van der Waals surface area contributed by atoms with Gasteiger partial charge in [-0.2, -0.15) is 0 Å². The first kappa shape index (κ1) is 26.0. The van der Waals surface area contributed by atoms with Crippen LogP contribution < -0.4 is 5.32 Å². The summed E-state index contributed by atoms with van der Waals surface area (Å²) >= 11 is 0. The maximum atomic E-state index is 12.2. The Labute approximate surface area is 192 Å². The van der Waals surface area contributed by atoms with E-state index in [1.807, 2.05) is 24.3 Å². The lowest BCUT2D eigenvalue weighted by Gasteiger charge is -2.21. The van der Waals surface area contributed by atoms with Crippen LogP contribution in [-0.2, 0) is 32.0 Å². The molecule has 2 rings (SSSR count). The zero-order valence-corrected chi connectivity index (χ0v) is 19.6. The van der Waals surface area contributed by atoms with E-state index >= 15 is 0 Å². The summed E-state index contributed by atoms with van der Waals surface area (Å²) in [4.78, 5) is 47.6. The lowest BCUT2D eigenvalue weighted by atomic mass is 9.93. The third kappa shape index (κ3) is 10.3. The first-order valence-corrected chi connectivity index (χ1v) is 12.4. The molecule has 1 unspecified atom stereocenters. The van der Waals surface area contributed by atoms with Crippen molar-refractivity contribution in [1.82, 2.24) is 5.32 Å². The van der Waals surface area contributed by atoms with Gasteiger partial charge in [-0.1, -0.05) is 82.6 Å². The number of ketones is 3. The van der Waals surface area contributed by atoms with Gasteiger partial charge in [0.2, 0.25) is 5.91 Å². The summed E-state index contributed by atoms with van der Waals surface area (Å²) in [5.74, 6) is -0.199. The Hall–Kier alpha value is -2.30. The number of Topliss-reactive ketones (excluding diaryl/α,β-unsaturated/α-hetero) is 3. The highest BCUT2D eigenvalue weighted by Gasteiger charge is 2.28. The van der Waals surface area contributed by atoms with Crippen molar-refractivity contribution in [2.75, 3.05) is 0 Å². The van der Waals surface area contributed by atoms with Gasteiger partial charge in [0.1, 0.15) is 11.6 Å². The van der Waals surface area contributed by atoms with Gasteiger partial charge in [-0.3, -0.25) is 19.2 Å². The van der Waals surface area contributed by atoms with Gasteiger partial charge in [-0.15, -0.1) is 0 Å². The standard InChI is InChI=1S/C27H39NO4/c1-2-3-4-5-6-7-8-9-10-11-23(29)18-21-12-14-22(15-13-21)19-27(32)28-25-17-16-24(30)20-26(25)31/h12-15,25H,2-11,16-20H2,1H3,(H,28,32). The normalized spacial score (nSPS) is 16.2. The van der Waals surface area contributed by atoms with Gasteiger partial charge in [0.15, 0.2) is 5.78 Å². The van der Waals surface area contributed by atoms with Crippen LogP contribution in [0.2, 0.25) is 0 Å². The topological polar surface area (TPSA) is 80.3 Å². The minimum absolute atomic E-state index is 0.0524. The molecule has 0 radical (unpaired) electrons. The van der Waals surface area contributed by atoms with Crippen molar-refractivity contribution in [3.8, 4) is 0 Å². The molecule has 1 aromatic carbocycles. The number of carbonyl (C=O) groups is 4. The maximum Gasteiger partial charge on any atom is 0.224 e. The largest absolute Gasteiger partial charge is 0.346 e. The van der Waals surface area contributed by atoms with E-state index in [4.69, 9.17) is 0 Å². The molecule has 5 nitrogen and oxygen atoms in total. The number of amides is 1. The van der Waals surface area contributed by atoms with Crippen LogP contribution in [0, 0.1) is 0 Å². The van der Waals surface area contributed by atoms with Gasteiger partial charge in [0.25, 0.3) is 0 Å². The molecular formula is C27H39NO4. The highest BCUT2D eigenvalue weighted by atomic mass is 16.2. The van der Waals surface area contributed by atoms with Gasteiger partial charge in [-0.25, -0.2) is 0 Å². The summed E-state index contributed by atoms with van der Waals surface area (Å²) in [7, 11) is 0. The average Bonchev–Trinajstić information content (AvgIpc) is 2.76. The van der Waals surface area contributed by atoms with Crippen LogP contribution in [0.25, 0.3) is 0 Å². The fraction of sp³-hybridized carbons (Fsp3) is 0.630. The molecule has 5 heteroatoms. The second kappa shape index (κ2) is 14.7. The number of hydrogen-bond donors (Lipinski definition) is 1. The molecule has 32 heavy (non-hydrogen) atoms. The maximum absolute atomic E-state index is 12.2. The molecule has 0 bridgehead atoms. The smallest absolute Gasteiger partial charge is 0.224 e. The van der Waals surface area contributed by atoms with Crippen LogP contribution in [0.15, 0.2) is 24.3 Å². The predicted molar refractivity (Wildman–Crippen MR) is 126 cm³/mol. The predicted octanol–water partition coefficient (Wildman–Crippen LogP) is 5.07. The van der Waals surface area contributed by atoms with Gasteiger partial charge < -0.3 is 5.32 Å². The average molecular weight is 442 g/mol. The Bertz CT molecular complexity index is 753. The number of carbonyl (C=O) groups excluding carboxylic acids is 4. The molecule has 1 saturated carbocycles. The van der Waals surface area contributed by atoms with Crippen molar-refractivity contribution in [2.45, 2.75) is 109 Å². The van der Waals surface area contributed by atoms with Crippen LogP contribution in [0.1, 0.15) is 102 Å². The fourth-order valence-electron chi connectivity index (χ4n) is 4.18. The van der Waals surface area contributed by atoms with E-state index in [-0.39, 0.29) is 36.1 Å². The second-order valence-electron chi connectivity index (χ2n) is 9.13. The zero-order valence-electron chi connectivity index (χ0n) is 19.6. The molecule has 0 saturated heterocycles. The zero-order chi connectivity index (χ0) is 23.2. The minimum Gasteiger partial charge on any atom is -0.346 e. The molecule has 0 heterocycles. The number of unbranched alkanes of at least 4 members (excludes halogenated alkanes) is 8. The SMILES string of the molecule is CCCCCCCCCCCC(=O)Cc1ccc(CC(=O)NC2CCC(=O)CC2=O)cc1. The highest BCUT2D eigenvalue weighted by molar-refractivity contribution is 6.05. The molecule has 1 aromatic rings. The second-order valence-corrected chi connectivity index (χ2v) is 9.13. The van der Waals surface area contributed by atoms with Crippen LogP contribution in [-0.4, -0.2) is 29.3 Å². The van der Waals surface area contributed by atoms with Crippen molar-refractivity contribution >= 4 is 23.3 Å². The summed E-state index contributed by atoms with van der Waals surface area (Å²) in [6.07, 6.45) is 13.1. The van der Waals surface area contributed by atoms with E-state index in [0.717, 1.165) is 24.0 Å². The molecule has 1 aliphatic rings. The molecule has 1 atom stereocenters. The number of nitrogens with one attached hydrogen (secondary N) is 1. The van der Waals surface area contributed by atoms with Crippen LogP contribution >= 0.6 is 0 Å². The first-order valence-electron chi connectivity index (χ1n) is 12.4. The van der Waals surface area contributed by atoms with Crippen molar-refractivity contribution < 1.29 is 19.2 Å². The Morgan fingerprint density at radius 1 is 0.844 bits per heavy atom. The molecular weight excluding hydrogens is 402 g/mol. The highest BCUT2D eigenvalue weighted by Crippen LogP contribution is 2.14. The summed E-state index contributed by atoms with van der Waals surface area (Å²) < 4.78 is 0. The van der Waals surface area contributed by atoms with Gasteiger partial charge >= 0.3 is 0 Å².